The fraction of sp³-hybridized carbons (Fsp3) is 0.579. The van der Waals surface area contributed by atoms with Crippen molar-refractivity contribution in [2.75, 3.05) is 30.9 Å². The van der Waals surface area contributed by atoms with Gasteiger partial charge in [0.05, 0.1) is 17.8 Å². The lowest BCUT2D eigenvalue weighted by Crippen LogP contribution is -2.42. The molecule has 0 bridgehead atoms. The summed E-state index contributed by atoms with van der Waals surface area (Å²) in [6.07, 6.45) is 1.50. The Bertz CT molecular complexity index is 984. The molecule has 3 N–H and O–H groups in total. The third-order valence-corrected chi connectivity index (χ3v) is 5.57. The van der Waals surface area contributed by atoms with Gasteiger partial charge in [0.1, 0.15) is 10.7 Å². The van der Waals surface area contributed by atoms with Crippen LogP contribution in [-0.2, 0) is 16.7 Å². The van der Waals surface area contributed by atoms with Gasteiger partial charge in [0.25, 0.3) is 11.5 Å². The molecule has 0 aliphatic rings. The molecular weight excluding hydrogens is 394 g/mol. The van der Waals surface area contributed by atoms with Crippen LogP contribution in [0.1, 0.15) is 49.3 Å². The molecule has 0 radical (unpaired) electrons. The summed E-state index contributed by atoms with van der Waals surface area (Å²) in [6.45, 7) is 10.5. The highest BCUT2D eigenvalue weighted by Gasteiger charge is 2.28. The Labute approximate surface area is 173 Å². The number of rotatable bonds is 7. The van der Waals surface area contributed by atoms with Crippen molar-refractivity contribution in [2.24, 2.45) is 5.92 Å². The minimum atomic E-state index is -0.711. The van der Waals surface area contributed by atoms with Gasteiger partial charge in [-0.3, -0.25) is 24.0 Å². The lowest BCUT2D eigenvalue weighted by Gasteiger charge is -2.24. The van der Waals surface area contributed by atoms with Crippen molar-refractivity contribution in [3.8, 4) is 0 Å². The average molecular weight is 424 g/mol. The van der Waals surface area contributed by atoms with Gasteiger partial charge in [-0.2, -0.15) is 0 Å². The van der Waals surface area contributed by atoms with Gasteiger partial charge in [-0.05, 0) is 5.92 Å². The number of nitrogen functional groups attached to an aromatic ring is 1. The molecule has 0 saturated carbocycles. The Morgan fingerprint density at radius 1 is 1.38 bits per heavy atom. The summed E-state index contributed by atoms with van der Waals surface area (Å²) < 4.78 is 6.39. The molecule has 0 atom stereocenters. The molecule has 0 unspecified atom stereocenters. The first-order chi connectivity index (χ1) is 13.5. The lowest BCUT2D eigenvalue weighted by molar-refractivity contribution is 0.0979. The number of H-pyrrole nitrogens is 1. The van der Waals surface area contributed by atoms with Crippen LogP contribution in [0.25, 0.3) is 0 Å². The number of anilines is 2. The van der Waals surface area contributed by atoms with Gasteiger partial charge < -0.3 is 10.5 Å². The third kappa shape index (κ3) is 5.13. The summed E-state index contributed by atoms with van der Waals surface area (Å²) in [5, 5.41) is 0.805. The molecule has 2 heterocycles. The zero-order valence-corrected chi connectivity index (χ0v) is 18.6. The smallest absolute Gasteiger partial charge is 0.330 e. The number of hydrogen-bond acceptors (Lipinski definition) is 7. The fourth-order valence-electron chi connectivity index (χ4n) is 2.73. The van der Waals surface area contributed by atoms with Crippen molar-refractivity contribution in [1.82, 2.24) is 14.5 Å². The largest absolute Gasteiger partial charge is 0.383 e. The summed E-state index contributed by atoms with van der Waals surface area (Å²) >= 11 is 1.27. The minimum absolute atomic E-state index is 0.0440. The van der Waals surface area contributed by atoms with Crippen molar-refractivity contribution in [3.05, 3.63) is 36.9 Å². The fourth-order valence-corrected chi connectivity index (χ4v) is 3.66. The van der Waals surface area contributed by atoms with Crippen molar-refractivity contribution in [1.29, 1.82) is 0 Å². The van der Waals surface area contributed by atoms with E-state index in [4.69, 9.17) is 10.5 Å². The van der Waals surface area contributed by atoms with E-state index in [0.29, 0.717) is 11.4 Å². The maximum atomic E-state index is 13.3. The van der Waals surface area contributed by atoms with Crippen LogP contribution in [0.3, 0.4) is 0 Å². The van der Waals surface area contributed by atoms with E-state index in [1.165, 1.54) is 34.1 Å². The number of methoxy groups -OCH3 is 1. The number of thiazole rings is 1. The topological polar surface area (TPSA) is 123 Å². The molecule has 2 aromatic rings. The maximum Gasteiger partial charge on any atom is 0.330 e. The van der Waals surface area contributed by atoms with Crippen LogP contribution in [0.15, 0.2) is 15.8 Å². The van der Waals surface area contributed by atoms with E-state index >= 15 is 0 Å². The Hall–Kier alpha value is -2.46. The molecular formula is C19H29N5O4S. The summed E-state index contributed by atoms with van der Waals surface area (Å²) in [7, 11) is 1.50. The average Bonchev–Trinajstić information content (AvgIpc) is 3.11. The molecule has 9 nitrogen and oxygen atoms in total. The Balaban J connectivity index is 2.58. The minimum Gasteiger partial charge on any atom is -0.383 e. The number of aromatic nitrogens is 3. The van der Waals surface area contributed by atoms with Crippen LogP contribution < -0.4 is 21.9 Å². The number of nitrogens with zero attached hydrogens (tertiary/aromatic N) is 3. The summed E-state index contributed by atoms with van der Waals surface area (Å²) in [5.41, 5.74) is 4.62. The number of nitrogens with one attached hydrogen (secondary N) is 1. The van der Waals surface area contributed by atoms with E-state index in [1.54, 1.807) is 0 Å². The highest BCUT2D eigenvalue weighted by Crippen LogP contribution is 2.29. The zero-order valence-electron chi connectivity index (χ0n) is 17.7. The first-order valence-corrected chi connectivity index (χ1v) is 10.2. The predicted octanol–water partition coefficient (Wildman–Crippen LogP) is 1.82. The van der Waals surface area contributed by atoms with E-state index < -0.39 is 17.2 Å². The van der Waals surface area contributed by atoms with Crippen LogP contribution in [0, 0.1) is 5.92 Å². The highest BCUT2D eigenvalue weighted by molar-refractivity contribution is 7.13. The van der Waals surface area contributed by atoms with E-state index in [-0.39, 0.29) is 36.0 Å². The van der Waals surface area contributed by atoms with Crippen molar-refractivity contribution in [2.45, 2.75) is 46.6 Å². The van der Waals surface area contributed by atoms with Gasteiger partial charge in [0.15, 0.2) is 5.69 Å². The van der Waals surface area contributed by atoms with Gasteiger partial charge in [0, 0.05) is 25.6 Å². The number of hydrogen-bond donors (Lipinski definition) is 2. The normalized spacial score (nSPS) is 11.8. The van der Waals surface area contributed by atoms with Gasteiger partial charge in [0.2, 0.25) is 0 Å². The van der Waals surface area contributed by atoms with Crippen molar-refractivity contribution >= 4 is 28.7 Å². The molecule has 0 aliphatic carbocycles. The second-order valence-corrected chi connectivity index (χ2v) is 9.26. The second-order valence-electron chi connectivity index (χ2n) is 8.23. The first kappa shape index (κ1) is 22.8. The summed E-state index contributed by atoms with van der Waals surface area (Å²) in [6, 6.07) is 0. The van der Waals surface area contributed by atoms with Crippen molar-refractivity contribution < 1.29 is 9.53 Å². The van der Waals surface area contributed by atoms with Crippen molar-refractivity contribution in [3.63, 3.8) is 0 Å². The SMILES string of the molecule is COCCN(C(=O)c1cnc(C(C)(C)C)s1)c1c(N)n(CC(C)C)c(=O)[nH]c1=O. The summed E-state index contributed by atoms with van der Waals surface area (Å²) in [4.78, 5) is 46.4. The molecule has 2 aromatic heterocycles. The van der Waals surface area contributed by atoms with E-state index in [2.05, 4.69) is 9.97 Å². The van der Waals surface area contributed by atoms with Crippen LogP contribution in [0.4, 0.5) is 11.5 Å². The molecule has 10 heteroatoms. The van der Waals surface area contributed by atoms with E-state index in [1.807, 2.05) is 34.6 Å². The summed E-state index contributed by atoms with van der Waals surface area (Å²) in [5.74, 6) is -0.341. The van der Waals surface area contributed by atoms with Gasteiger partial charge >= 0.3 is 5.69 Å². The van der Waals surface area contributed by atoms with Crippen LogP contribution >= 0.6 is 11.3 Å². The number of ether oxygens (including phenoxy) is 1. The number of amides is 1. The molecule has 2 rings (SSSR count). The molecule has 0 aliphatic heterocycles. The Morgan fingerprint density at radius 2 is 2.03 bits per heavy atom. The zero-order chi connectivity index (χ0) is 21.9. The Morgan fingerprint density at radius 3 is 2.55 bits per heavy atom. The van der Waals surface area contributed by atoms with E-state index in [0.717, 1.165) is 5.01 Å². The quantitative estimate of drug-likeness (QED) is 0.700. The standard InChI is InChI=1S/C19H29N5O4S/c1-11(2)10-24-14(20)13(15(25)22-18(24)27)23(7-8-28-6)16(26)12-9-21-17(29-12)19(3,4)5/h9,11H,7-8,10,20H2,1-6H3,(H,22,25,27). The predicted molar refractivity (Wildman–Crippen MR) is 115 cm³/mol. The molecule has 0 aromatic carbocycles. The number of nitrogens with two attached hydrogens (primary N) is 1. The van der Waals surface area contributed by atoms with Gasteiger partial charge in [-0.25, -0.2) is 9.78 Å². The maximum absolute atomic E-state index is 13.3. The highest BCUT2D eigenvalue weighted by atomic mass is 32.1. The second kappa shape index (κ2) is 8.91. The van der Waals surface area contributed by atoms with Crippen LogP contribution in [0.2, 0.25) is 0 Å². The third-order valence-electron chi connectivity index (χ3n) is 4.15. The molecule has 0 saturated heterocycles. The first-order valence-electron chi connectivity index (χ1n) is 9.37. The molecule has 1 amide bonds. The Kier molecular flexibility index (Phi) is 7.02. The van der Waals surface area contributed by atoms with Crippen LogP contribution in [0.5, 0.6) is 0 Å². The van der Waals surface area contributed by atoms with Gasteiger partial charge in [-0.15, -0.1) is 11.3 Å². The van der Waals surface area contributed by atoms with Crippen LogP contribution in [-0.4, -0.2) is 40.7 Å². The molecule has 29 heavy (non-hydrogen) atoms. The lowest BCUT2D eigenvalue weighted by atomic mass is 9.98. The molecule has 0 fully saturated rings. The number of carbonyl (C=O) groups excluding carboxylic acids is 1. The number of aromatic amines is 1. The van der Waals surface area contributed by atoms with E-state index in [9.17, 15) is 14.4 Å². The number of carbonyl (C=O) groups is 1. The van der Waals surface area contributed by atoms with Gasteiger partial charge in [-0.1, -0.05) is 34.6 Å². The molecule has 160 valence electrons. The monoisotopic (exact) mass is 423 g/mol. The molecule has 0 spiro atoms.